The summed E-state index contributed by atoms with van der Waals surface area (Å²) in [5.41, 5.74) is 1.62. The summed E-state index contributed by atoms with van der Waals surface area (Å²) in [4.78, 5) is 11.7. The first-order valence-corrected chi connectivity index (χ1v) is 6.85. The molecule has 0 N–H and O–H groups in total. The quantitative estimate of drug-likeness (QED) is 0.474. The second kappa shape index (κ2) is 2.62. The molecule has 2 heteroatoms. The Morgan fingerprint density at radius 2 is 2.12 bits per heavy atom. The average molecular weight is 232 g/mol. The van der Waals surface area contributed by atoms with Crippen molar-refractivity contribution in [2.45, 2.75) is 45.6 Å². The van der Waals surface area contributed by atoms with Crippen LogP contribution in [0.5, 0.6) is 0 Å². The molecule has 0 amide bonds. The topological polar surface area (TPSA) is 26.3 Å². The van der Waals surface area contributed by atoms with E-state index in [-0.39, 0.29) is 12.1 Å². The highest BCUT2D eigenvalue weighted by Crippen LogP contribution is 2.76. The van der Waals surface area contributed by atoms with Gasteiger partial charge in [0.1, 0.15) is 6.10 Å². The fourth-order valence-electron chi connectivity index (χ4n) is 5.43. The van der Waals surface area contributed by atoms with Crippen LogP contribution in [-0.2, 0) is 9.53 Å². The van der Waals surface area contributed by atoms with Gasteiger partial charge in [-0.1, -0.05) is 20.4 Å². The lowest BCUT2D eigenvalue weighted by molar-refractivity contribution is -0.147. The molecule has 0 aromatic carbocycles. The van der Waals surface area contributed by atoms with Gasteiger partial charge >= 0.3 is 5.97 Å². The fraction of sp³-hybridized carbons (Fsp3) is 0.800. The predicted molar refractivity (Wildman–Crippen MR) is 64.2 cm³/mol. The van der Waals surface area contributed by atoms with Crippen molar-refractivity contribution >= 4 is 5.97 Å². The minimum absolute atomic E-state index is 0.128. The van der Waals surface area contributed by atoms with E-state index >= 15 is 0 Å². The molecule has 92 valence electrons. The lowest BCUT2D eigenvalue weighted by atomic mass is 9.60. The van der Waals surface area contributed by atoms with Gasteiger partial charge in [0.15, 0.2) is 0 Å². The highest BCUT2D eigenvalue weighted by Gasteiger charge is 2.72. The third-order valence-corrected chi connectivity index (χ3v) is 6.34. The highest BCUT2D eigenvalue weighted by atomic mass is 16.6. The van der Waals surface area contributed by atoms with E-state index in [1.54, 1.807) is 0 Å². The van der Waals surface area contributed by atoms with Gasteiger partial charge in [-0.25, -0.2) is 4.79 Å². The normalized spacial score (nSPS) is 59.4. The second-order valence-electron chi connectivity index (χ2n) is 7.28. The van der Waals surface area contributed by atoms with Crippen LogP contribution in [0.2, 0.25) is 0 Å². The maximum Gasteiger partial charge on any atom is 0.334 e. The van der Waals surface area contributed by atoms with E-state index in [0.29, 0.717) is 22.7 Å². The summed E-state index contributed by atoms with van der Waals surface area (Å²) < 4.78 is 5.68. The van der Waals surface area contributed by atoms with Gasteiger partial charge in [0.2, 0.25) is 0 Å². The van der Waals surface area contributed by atoms with E-state index in [0.717, 1.165) is 17.9 Å². The van der Waals surface area contributed by atoms with Gasteiger partial charge in [0.05, 0.1) is 0 Å². The van der Waals surface area contributed by atoms with Crippen molar-refractivity contribution in [1.29, 1.82) is 0 Å². The Kier molecular flexibility index (Phi) is 1.57. The molecule has 0 unspecified atom stereocenters. The van der Waals surface area contributed by atoms with Crippen molar-refractivity contribution < 1.29 is 9.53 Å². The van der Waals surface area contributed by atoms with Crippen molar-refractivity contribution in [1.82, 2.24) is 0 Å². The molecule has 0 spiro atoms. The Bertz CT molecular complexity index is 440. The molecular weight excluding hydrogens is 212 g/mol. The predicted octanol–water partition coefficient (Wildman–Crippen LogP) is 2.93. The molecule has 17 heavy (non-hydrogen) atoms. The van der Waals surface area contributed by atoms with Crippen LogP contribution in [0.3, 0.4) is 0 Å². The van der Waals surface area contributed by atoms with Crippen LogP contribution in [0.4, 0.5) is 0 Å². The Labute approximate surface area is 102 Å². The fourth-order valence-corrected chi connectivity index (χ4v) is 5.43. The molecule has 2 nitrogen and oxygen atoms in total. The zero-order valence-corrected chi connectivity index (χ0v) is 10.7. The molecule has 6 atom stereocenters. The van der Waals surface area contributed by atoms with Crippen LogP contribution in [0.1, 0.15) is 39.5 Å². The molecule has 0 radical (unpaired) electrons. The second-order valence-corrected chi connectivity index (χ2v) is 7.28. The standard InChI is InChI=1S/C15H20O2/c1-8-10-4-5-14(2)6-9-7-15(9,3)12(14)11(10)17-13(8)16/h9-12H,1,4-7H2,2-3H3/t9-,10-,11+,12+,14-,15+/m1/s1. The number of carbonyl (C=O) groups excluding carboxylic acids is 1. The lowest BCUT2D eigenvalue weighted by Crippen LogP contribution is -2.45. The summed E-state index contributed by atoms with van der Waals surface area (Å²) in [6, 6.07) is 0. The third-order valence-electron chi connectivity index (χ3n) is 6.34. The minimum Gasteiger partial charge on any atom is -0.458 e. The van der Waals surface area contributed by atoms with Crippen LogP contribution in [0, 0.1) is 28.6 Å². The molecule has 4 rings (SSSR count). The molecule has 1 aliphatic heterocycles. The Balaban J connectivity index is 1.77. The number of fused-ring (bicyclic) bond motifs is 5. The van der Waals surface area contributed by atoms with Crippen LogP contribution in [0.25, 0.3) is 0 Å². The van der Waals surface area contributed by atoms with Gasteiger partial charge < -0.3 is 4.74 Å². The number of rotatable bonds is 0. The summed E-state index contributed by atoms with van der Waals surface area (Å²) in [6.07, 6.45) is 5.19. The Hall–Kier alpha value is -0.790. The number of ether oxygens (including phenoxy) is 1. The molecule has 0 bridgehead atoms. The van der Waals surface area contributed by atoms with E-state index < -0.39 is 0 Å². The first-order valence-electron chi connectivity index (χ1n) is 6.85. The number of hydrogen-bond donors (Lipinski definition) is 0. The van der Waals surface area contributed by atoms with Crippen LogP contribution in [0.15, 0.2) is 12.2 Å². The van der Waals surface area contributed by atoms with Gasteiger partial charge in [-0.3, -0.25) is 0 Å². The van der Waals surface area contributed by atoms with Crippen molar-refractivity contribution in [3.05, 3.63) is 12.2 Å². The maximum atomic E-state index is 11.7. The van der Waals surface area contributed by atoms with E-state index in [4.69, 9.17) is 4.74 Å². The molecule has 0 aromatic heterocycles. The van der Waals surface area contributed by atoms with Crippen LogP contribution in [-0.4, -0.2) is 12.1 Å². The van der Waals surface area contributed by atoms with Gasteiger partial charge in [-0.15, -0.1) is 0 Å². The van der Waals surface area contributed by atoms with Crippen molar-refractivity contribution in [2.24, 2.45) is 28.6 Å². The smallest absolute Gasteiger partial charge is 0.334 e. The molecule has 1 saturated heterocycles. The van der Waals surface area contributed by atoms with E-state index in [2.05, 4.69) is 20.4 Å². The molecule has 4 aliphatic rings. The van der Waals surface area contributed by atoms with Crippen molar-refractivity contribution in [3.63, 3.8) is 0 Å². The average Bonchev–Trinajstić information content (AvgIpc) is 2.68. The molecule has 3 aliphatic carbocycles. The van der Waals surface area contributed by atoms with Gasteiger partial charge in [0, 0.05) is 17.4 Å². The molecule has 0 aromatic rings. The molecular formula is C15H20O2. The van der Waals surface area contributed by atoms with Crippen molar-refractivity contribution in [2.75, 3.05) is 0 Å². The van der Waals surface area contributed by atoms with Gasteiger partial charge in [0.25, 0.3) is 0 Å². The molecule has 3 saturated carbocycles. The van der Waals surface area contributed by atoms with Gasteiger partial charge in [-0.05, 0) is 42.4 Å². The number of carbonyl (C=O) groups is 1. The first kappa shape index (κ1) is 10.2. The van der Waals surface area contributed by atoms with E-state index in [1.807, 2.05) is 0 Å². The number of hydrogen-bond acceptors (Lipinski definition) is 2. The Morgan fingerprint density at radius 1 is 1.35 bits per heavy atom. The van der Waals surface area contributed by atoms with Crippen molar-refractivity contribution in [3.8, 4) is 0 Å². The molecule has 1 heterocycles. The Morgan fingerprint density at radius 3 is 2.88 bits per heavy atom. The molecule has 4 fully saturated rings. The minimum atomic E-state index is -0.128. The highest BCUT2D eigenvalue weighted by molar-refractivity contribution is 5.91. The SMILES string of the molecule is C=C1C(=O)O[C@H]2[C@@H]1CC[C@]1(C)C[C@@H]3C[C@]3(C)[C@@H]21. The summed E-state index contributed by atoms with van der Waals surface area (Å²) >= 11 is 0. The summed E-state index contributed by atoms with van der Waals surface area (Å²) in [7, 11) is 0. The monoisotopic (exact) mass is 232 g/mol. The van der Waals surface area contributed by atoms with Gasteiger partial charge in [-0.2, -0.15) is 0 Å². The van der Waals surface area contributed by atoms with Crippen LogP contribution < -0.4 is 0 Å². The summed E-state index contributed by atoms with van der Waals surface area (Å²) in [5, 5.41) is 0. The lowest BCUT2D eigenvalue weighted by Gasteiger charge is -2.46. The van der Waals surface area contributed by atoms with Crippen LogP contribution >= 0.6 is 0 Å². The van der Waals surface area contributed by atoms with E-state index in [9.17, 15) is 4.79 Å². The van der Waals surface area contributed by atoms with E-state index in [1.165, 1.54) is 19.3 Å². The summed E-state index contributed by atoms with van der Waals surface area (Å²) in [5.74, 6) is 1.67. The largest absolute Gasteiger partial charge is 0.458 e. The zero-order valence-electron chi connectivity index (χ0n) is 10.7. The number of esters is 1. The maximum absolute atomic E-state index is 11.7. The zero-order chi connectivity index (χ0) is 12.0. The first-order chi connectivity index (χ1) is 7.96. The third kappa shape index (κ3) is 1.01. The summed E-state index contributed by atoms with van der Waals surface area (Å²) in [6.45, 7) is 8.77.